The summed E-state index contributed by atoms with van der Waals surface area (Å²) >= 11 is 3.23. The molecule has 1 heterocycles. The third-order valence-electron chi connectivity index (χ3n) is 3.73. The number of nitrogens with zero attached hydrogens (tertiary/aromatic N) is 2. The molecule has 0 radical (unpaired) electrons. The van der Waals surface area contributed by atoms with Crippen LogP contribution in [0.2, 0.25) is 0 Å². The number of hydrogen-bond acceptors (Lipinski definition) is 3. The number of aromatic nitrogens is 1. The van der Waals surface area contributed by atoms with Gasteiger partial charge in [-0.25, -0.2) is 9.37 Å². The van der Waals surface area contributed by atoms with E-state index in [4.69, 9.17) is 5.73 Å². The van der Waals surface area contributed by atoms with Crippen molar-refractivity contribution in [3.63, 3.8) is 0 Å². The van der Waals surface area contributed by atoms with Crippen LogP contribution >= 0.6 is 15.9 Å². The van der Waals surface area contributed by atoms with Gasteiger partial charge in [0, 0.05) is 21.2 Å². The average molecular weight is 382 g/mol. The Kier molecular flexibility index (Phi) is 4.32. The van der Waals surface area contributed by atoms with E-state index in [1.165, 1.54) is 6.07 Å². The lowest BCUT2D eigenvalue weighted by atomic mass is 9.98. The first-order valence-corrected chi connectivity index (χ1v) is 8.02. The summed E-state index contributed by atoms with van der Waals surface area (Å²) in [7, 11) is 0. The Morgan fingerprint density at radius 2 is 1.79 bits per heavy atom. The first-order chi connectivity index (χ1) is 11.5. The van der Waals surface area contributed by atoms with E-state index in [1.54, 1.807) is 18.2 Å². The minimum atomic E-state index is -0.429. The second-order valence-corrected chi connectivity index (χ2v) is 6.33. The predicted molar refractivity (Wildman–Crippen MR) is 96.6 cm³/mol. The van der Waals surface area contributed by atoms with E-state index >= 15 is 0 Å². The Hall–Kier alpha value is -2.71. The number of anilines is 1. The fourth-order valence-corrected chi connectivity index (χ4v) is 2.81. The lowest BCUT2D eigenvalue weighted by Crippen LogP contribution is -2.00. The van der Waals surface area contributed by atoms with E-state index in [2.05, 4.69) is 20.9 Å². The van der Waals surface area contributed by atoms with E-state index in [-0.39, 0.29) is 11.4 Å². The van der Waals surface area contributed by atoms with Crippen molar-refractivity contribution in [1.82, 2.24) is 4.98 Å². The molecule has 1 aromatic heterocycles. The summed E-state index contributed by atoms with van der Waals surface area (Å²) in [6.45, 7) is 1.99. The zero-order valence-electron chi connectivity index (χ0n) is 12.8. The van der Waals surface area contributed by atoms with Crippen LogP contribution in [0.25, 0.3) is 22.4 Å². The van der Waals surface area contributed by atoms with E-state index < -0.39 is 5.82 Å². The first kappa shape index (κ1) is 16.2. The maximum atomic E-state index is 14.4. The molecule has 0 saturated heterocycles. The van der Waals surface area contributed by atoms with Crippen LogP contribution in [-0.2, 0) is 0 Å². The van der Waals surface area contributed by atoms with Crippen molar-refractivity contribution < 1.29 is 4.39 Å². The van der Waals surface area contributed by atoms with Crippen molar-refractivity contribution in [3.05, 3.63) is 69.9 Å². The molecule has 0 unspecified atom stereocenters. The fourth-order valence-electron chi connectivity index (χ4n) is 2.47. The smallest absolute Gasteiger partial charge is 0.142 e. The molecule has 0 aliphatic rings. The third-order valence-corrected chi connectivity index (χ3v) is 4.22. The molecular formula is C19H13BrFN3. The van der Waals surface area contributed by atoms with Gasteiger partial charge in [0.25, 0.3) is 0 Å². The van der Waals surface area contributed by atoms with Gasteiger partial charge in [0.2, 0.25) is 0 Å². The summed E-state index contributed by atoms with van der Waals surface area (Å²) in [4.78, 5) is 4.30. The molecule has 0 saturated carbocycles. The molecule has 3 nitrogen and oxygen atoms in total. The lowest BCUT2D eigenvalue weighted by Gasteiger charge is -2.11. The predicted octanol–water partition coefficient (Wildman–Crippen LogP) is 5.08. The van der Waals surface area contributed by atoms with Crippen LogP contribution < -0.4 is 5.73 Å². The van der Waals surface area contributed by atoms with Crippen LogP contribution in [0.3, 0.4) is 0 Å². The summed E-state index contributed by atoms with van der Waals surface area (Å²) in [5, 5.41) is 9.40. The van der Waals surface area contributed by atoms with E-state index in [9.17, 15) is 9.65 Å². The Balaban J connectivity index is 2.24. The van der Waals surface area contributed by atoms with Crippen molar-refractivity contribution in [1.29, 1.82) is 5.26 Å². The Morgan fingerprint density at radius 1 is 1.08 bits per heavy atom. The number of benzene rings is 2. The van der Waals surface area contributed by atoms with Gasteiger partial charge in [0.15, 0.2) is 0 Å². The van der Waals surface area contributed by atoms with Gasteiger partial charge in [-0.1, -0.05) is 51.8 Å². The van der Waals surface area contributed by atoms with Gasteiger partial charge in [-0.3, -0.25) is 0 Å². The number of nitrogens with two attached hydrogens (primary N) is 1. The average Bonchev–Trinajstić information content (AvgIpc) is 2.55. The van der Waals surface area contributed by atoms with Crippen molar-refractivity contribution in [2.45, 2.75) is 6.92 Å². The summed E-state index contributed by atoms with van der Waals surface area (Å²) in [6.07, 6.45) is 0. The highest BCUT2D eigenvalue weighted by molar-refractivity contribution is 9.10. The maximum Gasteiger partial charge on any atom is 0.142 e. The van der Waals surface area contributed by atoms with E-state index in [1.807, 2.05) is 37.3 Å². The summed E-state index contributed by atoms with van der Waals surface area (Å²) in [5.74, 6) is -0.339. The first-order valence-electron chi connectivity index (χ1n) is 7.22. The third kappa shape index (κ3) is 3.01. The molecule has 24 heavy (non-hydrogen) atoms. The highest BCUT2D eigenvalue weighted by Crippen LogP contribution is 2.33. The molecule has 0 atom stereocenters. The molecule has 3 aromatic rings. The number of hydrogen-bond donors (Lipinski definition) is 1. The number of nitriles is 1. The monoisotopic (exact) mass is 381 g/mol. The molecule has 2 N–H and O–H groups in total. The topological polar surface area (TPSA) is 62.7 Å². The Labute approximate surface area is 147 Å². The Morgan fingerprint density at radius 3 is 2.42 bits per heavy atom. The summed E-state index contributed by atoms with van der Waals surface area (Å²) < 4.78 is 15.0. The van der Waals surface area contributed by atoms with Gasteiger partial charge in [0.05, 0.1) is 5.69 Å². The molecular weight excluding hydrogens is 369 g/mol. The normalized spacial score (nSPS) is 10.4. The van der Waals surface area contributed by atoms with Gasteiger partial charge in [-0.05, 0) is 25.1 Å². The van der Waals surface area contributed by atoms with E-state index in [0.717, 1.165) is 11.1 Å². The van der Waals surface area contributed by atoms with Gasteiger partial charge in [-0.2, -0.15) is 5.26 Å². The molecule has 0 aliphatic carbocycles. The quantitative estimate of drug-likeness (QED) is 0.672. The SMILES string of the molecule is Cc1ccc(-c2cc(-c3ccc(Br)cc3F)c(C#N)c(N)n2)cc1. The van der Waals surface area contributed by atoms with E-state index in [0.29, 0.717) is 21.3 Å². The van der Waals surface area contributed by atoms with Crippen molar-refractivity contribution in [2.24, 2.45) is 0 Å². The van der Waals surface area contributed by atoms with Crippen LogP contribution in [0.4, 0.5) is 10.2 Å². The summed E-state index contributed by atoms with van der Waals surface area (Å²) in [5.41, 5.74) is 9.46. The second kappa shape index (κ2) is 6.42. The minimum Gasteiger partial charge on any atom is -0.383 e. The van der Waals surface area contributed by atoms with Crippen molar-refractivity contribution in [3.8, 4) is 28.5 Å². The van der Waals surface area contributed by atoms with Crippen LogP contribution in [-0.4, -0.2) is 4.98 Å². The standard InChI is InChI=1S/C19H13BrFN3/c1-11-2-4-12(5-3-11)18-9-15(16(10-22)19(23)24-18)14-7-6-13(20)8-17(14)21/h2-9H,1H3,(H2,23,24). The number of nitrogen functional groups attached to an aromatic ring is 1. The molecule has 0 fully saturated rings. The van der Waals surface area contributed by atoms with Crippen LogP contribution in [0, 0.1) is 24.1 Å². The van der Waals surface area contributed by atoms with Crippen molar-refractivity contribution in [2.75, 3.05) is 5.73 Å². The molecule has 118 valence electrons. The maximum absolute atomic E-state index is 14.4. The molecule has 0 amide bonds. The Bertz CT molecular complexity index is 960. The second-order valence-electron chi connectivity index (χ2n) is 5.42. The van der Waals surface area contributed by atoms with Gasteiger partial charge in [0.1, 0.15) is 23.3 Å². The molecule has 2 aromatic carbocycles. The number of halogens is 2. The number of rotatable bonds is 2. The fraction of sp³-hybridized carbons (Fsp3) is 0.0526. The van der Waals surface area contributed by atoms with Gasteiger partial charge in [-0.15, -0.1) is 0 Å². The van der Waals surface area contributed by atoms with Crippen molar-refractivity contribution >= 4 is 21.7 Å². The zero-order chi connectivity index (χ0) is 17.3. The molecule has 0 spiro atoms. The lowest BCUT2D eigenvalue weighted by molar-refractivity contribution is 0.630. The summed E-state index contributed by atoms with van der Waals surface area (Å²) in [6, 6.07) is 16.2. The van der Waals surface area contributed by atoms with Crippen LogP contribution in [0.15, 0.2) is 53.0 Å². The highest BCUT2D eigenvalue weighted by Gasteiger charge is 2.16. The molecule has 0 aliphatic heterocycles. The van der Waals surface area contributed by atoms with Crippen LogP contribution in [0.1, 0.15) is 11.1 Å². The van der Waals surface area contributed by atoms with Gasteiger partial charge >= 0.3 is 0 Å². The largest absolute Gasteiger partial charge is 0.383 e. The number of aryl methyl sites for hydroxylation is 1. The van der Waals surface area contributed by atoms with Crippen LogP contribution in [0.5, 0.6) is 0 Å². The minimum absolute atomic E-state index is 0.0906. The molecule has 5 heteroatoms. The molecule has 3 rings (SSSR count). The zero-order valence-corrected chi connectivity index (χ0v) is 14.4. The number of pyridine rings is 1. The molecule has 0 bridgehead atoms. The van der Waals surface area contributed by atoms with Gasteiger partial charge < -0.3 is 5.73 Å². The highest BCUT2D eigenvalue weighted by atomic mass is 79.9.